The van der Waals surface area contributed by atoms with E-state index in [1.807, 2.05) is 29.9 Å². The van der Waals surface area contributed by atoms with E-state index < -0.39 is 0 Å². The van der Waals surface area contributed by atoms with E-state index in [1.165, 1.54) is 16.8 Å². The van der Waals surface area contributed by atoms with E-state index in [-0.39, 0.29) is 6.10 Å². The molecule has 0 spiro atoms. The summed E-state index contributed by atoms with van der Waals surface area (Å²) in [5, 5.41) is 8.12. The van der Waals surface area contributed by atoms with Crippen LogP contribution in [-0.2, 0) is 18.3 Å². The number of rotatable bonds is 6. The van der Waals surface area contributed by atoms with Crippen molar-refractivity contribution >= 4 is 0 Å². The maximum absolute atomic E-state index is 6.06. The molecule has 2 atom stereocenters. The number of aromatic nitrogens is 2. The summed E-state index contributed by atoms with van der Waals surface area (Å²) in [5.41, 5.74) is 4.73. The van der Waals surface area contributed by atoms with Crippen LogP contribution in [0.25, 0.3) is 0 Å². The first kappa shape index (κ1) is 17.0. The number of methoxy groups -OCH3 is 1. The number of ether oxygens (including phenoxy) is 2. The summed E-state index contributed by atoms with van der Waals surface area (Å²) in [4.78, 5) is 0. The maximum Gasteiger partial charge on any atom is 0.123 e. The predicted molar refractivity (Wildman–Crippen MR) is 94.2 cm³/mol. The minimum absolute atomic E-state index is 0.142. The summed E-state index contributed by atoms with van der Waals surface area (Å²) >= 11 is 0. The lowest BCUT2D eigenvalue weighted by Gasteiger charge is -2.20. The average Bonchev–Trinajstić information content (AvgIpc) is 3.12. The zero-order valence-corrected chi connectivity index (χ0v) is 15.0. The van der Waals surface area contributed by atoms with Gasteiger partial charge in [-0.1, -0.05) is 18.2 Å². The Balaban J connectivity index is 1.64. The Hall–Kier alpha value is -1.85. The molecule has 0 unspecified atom stereocenters. The van der Waals surface area contributed by atoms with Crippen LogP contribution in [0.5, 0.6) is 5.75 Å². The van der Waals surface area contributed by atoms with Gasteiger partial charge in [0.05, 0.1) is 18.9 Å². The quantitative estimate of drug-likeness (QED) is 0.885. The molecule has 1 fully saturated rings. The predicted octanol–water partition coefficient (Wildman–Crippen LogP) is 2.91. The molecule has 0 amide bonds. The molecule has 0 radical (unpaired) electrons. The third kappa shape index (κ3) is 3.32. The van der Waals surface area contributed by atoms with Gasteiger partial charge in [-0.25, -0.2) is 0 Å². The number of nitrogens with zero attached hydrogens (tertiary/aromatic N) is 2. The van der Waals surface area contributed by atoms with Crippen LogP contribution in [0, 0.1) is 19.8 Å². The van der Waals surface area contributed by atoms with E-state index in [1.54, 1.807) is 7.11 Å². The smallest absolute Gasteiger partial charge is 0.123 e. The van der Waals surface area contributed by atoms with Crippen LogP contribution in [0.4, 0.5) is 0 Å². The highest BCUT2D eigenvalue weighted by atomic mass is 16.5. The number of hydrogen-bond acceptors (Lipinski definition) is 4. The monoisotopic (exact) mass is 329 g/mol. The first-order chi connectivity index (χ1) is 11.6. The zero-order chi connectivity index (χ0) is 17.1. The van der Waals surface area contributed by atoms with Gasteiger partial charge in [0, 0.05) is 49.5 Å². The molecule has 3 rings (SSSR count). The molecule has 2 heterocycles. The van der Waals surface area contributed by atoms with Gasteiger partial charge in [0.25, 0.3) is 0 Å². The van der Waals surface area contributed by atoms with Crippen molar-refractivity contribution < 1.29 is 9.47 Å². The average molecular weight is 329 g/mol. The van der Waals surface area contributed by atoms with E-state index >= 15 is 0 Å². The van der Waals surface area contributed by atoms with Gasteiger partial charge in [-0.2, -0.15) is 5.10 Å². The molecule has 1 N–H and O–H groups in total. The Morgan fingerprint density at radius 3 is 2.83 bits per heavy atom. The summed E-state index contributed by atoms with van der Waals surface area (Å²) in [6.45, 7) is 6.74. The van der Waals surface area contributed by atoms with E-state index in [0.29, 0.717) is 5.92 Å². The third-order valence-electron chi connectivity index (χ3n) is 4.98. The van der Waals surface area contributed by atoms with Gasteiger partial charge in [-0.15, -0.1) is 0 Å². The molecular weight excluding hydrogens is 302 g/mol. The third-order valence-corrected chi connectivity index (χ3v) is 4.98. The summed E-state index contributed by atoms with van der Waals surface area (Å²) < 4.78 is 13.4. The van der Waals surface area contributed by atoms with Crippen molar-refractivity contribution in [2.24, 2.45) is 13.0 Å². The van der Waals surface area contributed by atoms with Gasteiger partial charge < -0.3 is 14.8 Å². The van der Waals surface area contributed by atoms with Gasteiger partial charge in [0.2, 0.25) is 0 Å². The van der Waals surface area contributed by atoms with Gasteiger partial charge in [-0.05, 0) is 26.3 Å². The van der Waals surface area contributed by atoms with Gasteiger partial charge in [0.15, 0.2) is 0 Å². The van der Waals surface area contributed by atoms with Gasteiger partial charge in [0.1, 0.15) is 5.75 Å². The summed E-state index contributed by atoms with van der Waals surface area (Å²) in [7, 11) is 3.71. The molecule has 1 saturated heterocycles. The van der Waals surface area contributed by atoms with Crippen LogP contribution < -0.4 is 10.1 Å². The molecule has 2 aromatic rings. The fraction of sp³-hybridized carbons (Fsp3) is 0.526. The second-order valence-electron chi connectivity index (χ2n) is 6.49. The zero-order valence-electron chi connectivity index (χ0n) is 15.0. The highest BCUT2D eigenvalue weighted by Gasteiger charge is 2.33. The van der Waals surface area contributed by atoms with Crippen molar-refractivity contribution in [2.45, 2.75) is 32.9 Å². The molecule has 0 aliphatic carbocycles. The maximum atomic E-state index is 6.06. The van der Waals surface area contributed by atoms with E-state index in [4.69, 9.17) is 9.47 Å². The molecular formula is C19H27N3O2. The number of hydrogen-bond donors (Lipinski definition) is 1. The van der Waals surface area contributed by atoms with Gasteiger partial charge in [-0.3, -0.25) is 4.68 Å². The fourth-order valence-electron chi connectivity index (χ4n) is 3.60. The van der Waals surface area contributed by atoms with Crippen LogP contribution in [0.2, 0.25) is 0 Å². The van der Waals surface area contributed by atoms with Crippen molar-refractivity contribution in [3.63, 3.8) is 0 Å². The number of para-hydroxylation sites is 1. The lowest BCUT2D eigenvalue weighted by atomic mass is 9.94. The highest BCUT2D eigenvalue weighted by molar-refractivity contribution is 5.33. The van der Waals surface area contributed by atoms with Crippen molar-refractivity contribution in [3.8, 4) is 5.75 Å². The number of aryl methyl sites for hydroxylation is 2. The van der Waals surface area contributed by atoms with Gasteiger partial charge >= 0.3 is 0 Å². The van der Waals surface area contributed by atoms with Crippen LogP contribution in [-0.4, -0.2) is 30.0 Å². The standard InChI is InChI=1S/C19H27N3O2/c1-13-18(14(2)22(3)21-13)19-16(9-10-24-19)12-20-11-15-7-5-6-8-17(15)23-4/h5-8,16,19-20H,9-12H2,1-4H3/t16-,19+/m0/s1. The molecule has 24 heavy (non-hydrogen) atoms. The largest absolute Gasteiger partial charge is 0.496 e. The normalized spacial score (nSPS) is 20.5. The van der Waals surface area contributed by atoms with Crippen molar-refractivity contribution in [1.29, 1.82) is 0 Å². The SMILES string of the molecule is COc1ccccc1CNC[C@@H]1CCO[C@H]1c1c(C)nn(C)c1C. The molecule has 0 saturated carbocycles. The molecule has 1 aromatic heterocycles. The first-order valence-corrected chi connectivity index (χ1v) is 8.56. The summed E-state index contributed by atoms with van der Waals surface area (Å²) in [5.74, 6) is 1.41. The molecule has 130 valence electrons. The number of benzene rings is 1. The molecule has 1 aliphatic rings. The van der Waals surface area contributed by atoms with Crippen molar-refractivity contribution in [1.82, 2.24) is 15.1 Å². The van der Waals surface area contributed by atoms with Crippen LogP contribution >= 0.6 is 0 Å². The molecule has 1 aromatic carbocycles. The van der Waals surface area contributed by atoms with E-state index in [9.17, 15) is 0 Å². The minimum atomic E-state index is 0.142. The Morgan fingerprint density at radius 1 is 1.33 bits per heavy atom. The molecule has 0 bridgehead atoms. The molecule has 1 aliphatic heterocycles. The van der Waals surface area contributed by atoms with Crippen LogP contribution in [0.3, 0.4) is 0 Å². The number of nitrogens with one attached hydrogen (secondary N) is 1. The first-order valence-electron chi connectivity index (χ1n) is 8.56. The fourth-order valence-corrected chi connectivity index (χ4v) is 3.60. The Morgan fingerprint density at radius 2 is 2.12 bits per heavy atom. The lowest BCUT2D eigenvalue weighted by molar-refractivity contribution is 0.0893. The lowest BCUT2D eigenvalue weighted by Crippen LogP contribution is -2.25. The minimum Gasteiger partial charge on any atom is -0.496 e. The molecule has 5 nitrogen and oxygen atoms in total. The Bertz CT molecular complexity index is 696. The highest BCUT2D eigenvalue weighted by Crippen LogP contribution is 2.37. The van der Waals surface area contributed by atoms with E-state index in [0.717, 1.165) is 37.6 Å². The second kappa shape index (κ2) is 7.36. The van der Waals surface area contributed by atoms with Crippen LogP contribution in [0.1, 0.15) is 35.0 Å². The Kier molecular flexibility index (Phi) is 5.21. The molecule has 5 heteroatoms. The van der Waals surface area contributed by atoms with Crippen LogP contribution in [0.15, 0.2) is 24.3 Å². The Labute approximate surface area is 144 Å². The van der Waals surface area contributed by atoms with Crippen molar-refractivity contribution in [2.75, 3.05) is 20.3 Å². The summed E-state index contributed by atoms with van der Waals surface area (Å²) in [6, 6.07) is 8.14. The second-order valence-corrected chi connectivity index (χ2v) is 6.49. The summed E-state index contributed by atoms with van der Waals surface area (Å²) in [6.07, 6.45) is 1.22. The van der Waals surface area contributed by atoms with E-state index in [2.05, 4.69) is 30.3 Å². The van der Waals surface area contributed by atoms with Crippen molar-refractivity contribution in [3.05, 3.63) is 46.8 Å². The topological polar surface area (TPSA) is 48.3 Å².